The van der Waals surface area contributed by atoms with E-state index in [1.54, 1.807) is 0 Å². The summed E-state index contributed by atoms with van der Waals surface area (Å²) in [7, 11) is 0. The minimum atomic E-state index is -0.0634. The Hall–Kier alpha value is -1.78. The van der Waals surface area contributed by atoms with Crippen molar-refractivity contribution >= 4 is 11.6 Å². The van der Waals surface area contributed by atoms with Crippen LogP contribution in [0, 0.1) is 18.3 Å². The van der Waals surface area contributed by atoms with Gasteiger partial charge in [0.05, 0.1) is 12.0 Å². The molecule has 0 N–H and O–H groups in total. The Balaban J connectivity index is 2.29. The Bertz CT molecular complexity index is 667. The average Bonchev–Trinajstić information content (AvgIpc) is 2.37. The number of hydrogen-bond donors (Lipinski definition) is 0. The molecule has 1 nitrogen and oxygen atoms in total. The summed E-state index contributed by atoms with van der Waals surface area (Å²) in [6.07, 6.45) is 0.752. The summed E-state index contributed by atoms with van der Waals surface area (Å²) in [5, 5.41) is 10.1. The van der Waals surface area contributed by atoms with Gasteiger partial charge in [0.2, 0.25) is 0 Å². The highest BCUT2D eigenvalue weighted by Crippen LogP contribution is 2.40. The fourth-order valence-corrected chi connectivity index (χ4v) is 2.84. The zero-order valence-electron chi connectivity index (χ0n) is 10.1. The van der Waals surface area contributed by atoms with E-state index in [-0.39, 0.29) is 5.92 Å². The molecule has 0 saturated heterocycles. The standard InChI is InChI=1S/C16H12ClN/c1-10-2-4-15-12(9-18)7-11-8-13(17)3-5-14(11)16(15)6-10/h2-6,8,12H,7H2,1H3. The Morgan fingerprint density at radius 2 is 2.00 bits per heavy atom. The molecule has 0 spiro atoms. The molecule has 0 aliphatic heterocycles. The van der Waals surface area contributed by atoms with E-state index in [1.807, 2.05) is 12.1 Å². The highest BCUT2D eigenvalue weighted by atomic mass is 35.5. The molecule has 1 unspecified atom stereocenters. The van der Waals surface area contributed by atoms with E-state index in [4.69, 9.17) is 11.6 Å². The van der Waals surface area contributed by atoms with Crippen LogP contribution in [0.25, 0.3) is 11.1 Å². The number of benzene rings is 2. The van der Waals surface area contributed by atoms with Gasteiger partial charge in [0.25, 0.3) is 0 Å². The van der Waals surface area contributed by atoms with Crippen molar-refractivity contribution in [1.29, 1.82) is 5.26 Å². The summed E-state index contributed by atoms with van der Waals surface area (Å²) in [4.78, 5) is 0. The van der Waals surface area contributed by atoms with Crippen LogP contribution in [0.4, 0.5) is 0 Å². The first kappa shape index (κ1) is 11.3. The molecule has 2 aromatic carbocycles. The number of nitrogens with zero attached hydrogens (tertiary/aromatic N) is 1. The Kier molecular flexibility index (Phi) is 2.61. The molecule has 0 heterocycles. The third-order valence-corrected chi connectivity index (χ3v) is 3.76. The molecule has 1 aliphatic rings. The molecular formula is C16H12ClN. The van der Waals surface area contributed by atoms with Crippen molar-refractivity contribution in [3.63, 3.8) is 0 Å². The number of fused-ring (bicyclic) bond motifs is 3. The second-order valence-corrected chi connectivity index (χ2v) is 5.21. The van der Waals surface area contributed by atoms with Gasteiger partial charge in [-0.1, -0.05) is 41.4 Å². The average molecular weight is 254 g/mol. The number of hydrogen-bond acceptors (Lipinski definition) is 1. The van der Waals surface area contributed by atoms with Crippen LogP contribution >= 0.6 is 11.6 Å². The highest BCUT2D eigenvalue weighted by molar-refractivity contribution is 6.30. The lowest BCUT2D eigenvalue weighted by Gasteiger charge is -2.24. The lowest BCUT2D eigenvalue weighted by atomic mass is 9.79. The number of halogens is 1. The zero-order valence-corrected chi connectivity index (χ0v) is 10.8. The molecular weight excluding hydrogens is 242 g/mol. The molecule has 0 aromatic heterocycles. The quantitative estimate of drug-likeness (QED) is 0.679. The van der Waals surface area contributed by atoms with Crippen LogP contribution in [-0.4, -0.2) is 0 Å². The first-order valence-electron chi connectivity index (χ1n) is 5.98. The molecule has 2 heteroatoms. The van der Waals surface area contributed by atoms with Crippen molar-refractivity contribution in [2.75, 3.05) is 0 Å². The van der Waals surface area contributed by atoms with Gasteiger partial charge in [-0.15, -0.1) is 0 Å². The molecule has 1 aliphatic carbocycles. The monoisotopic (exact) mass is 253 g/mol. The first-order chi connectivity index (χ1) is 8.69. The fourth-order valence-electron chi connectivity index (χ4n) is 2.65. The third kappa shape index (κ3) is 1.70. The summed E-state index contributed by atoms with van der Waals surface area (Å²) in [6.45, 7) is 2.08. The maximum absolute atomic E-state index is 9.32. The van der Waals surface area contributed by atoms with Crippen molar-refractivity contribution in [1.82, 2.24) is 0 Å². The molecule has 0 amide bonds. The summed E-state index contributed by atoms with van der Waals surface area (Å²) in [5.74, 6) is -0.0634. The molecule has 0 fully saturated rings. The van der Waals surface area contributed by atoms with E-state index in [0.29, 0.717) is 0 Å². The Morgan fingerprint density at radius 1 is 1.17 bits per heavy atom. The Morgan fingerprint density at radius 3 is 2.78 bits per heavy atom. The minimum absolute atomic E-state index is 0.0634. The molecule has 0 radical (unpaired) electrons. The largest absolute Gasteiger partial charge is 0.198 e. The molecule has 88 valence electrons. The lowest BCUT2D eigenvalue weighted by molar-refractivity contribution is 0.835. The molecule has 0 bridgehead atoms. The van der Waals surface area contributed by atoms with Crippen molar-refractivity contribution in [3.05, 3.63) is 58.1 Å². The highest BCUT2D eigenvalue weighted by Gasteiger charge is 2.24. The van der Waals surface area contributed by atoms with Crippen LogP contribution in [0.2, 0.25) is 5.02 Å². The summed E-state index contributed by atoms with van der Waals surface area (Å²) in [6, 6.07) is 14.7. The van der Waals surface area contributed by atoms with Crippen molar-refractivity contribution < 1.29 is 0 Å². The SMILES string of the molecule is Cc1ccc2c(c1)-c1ccc(Cl)cc1CC2C#N. The van der Waals surface area contributed by atoms with E-state index >= 15 is 0 Å². The molecule has 2 aromatic rings. The maximum Gasteiger partial charge on any atom is 0.0759 e. The molecule has 18 heavy (non-hydrogen) atoms. The van der Waals surface area contributed by atoms with Gasteiger partial charge in [0.1, 0.15) is 0 Å². The van der Waals surface area contributed by atoms with Crippen molar-refractivity contribution in [2.45, 2.75) is 19.3 Å². The van der Waals surface area contributed by atoms with Gasteiger partial charge in [-0.3, -0.25) is 0 Å². The van der Waals surface area contributed by atoms with Gasteiger partial charge in [0, 0.05) is 5.02 Å². The van der Waals surface area contributed by atoms with Crippen molar-refractivity contribution in [2.24, 2.45) is 0 Å². The van der Waals surface area contributed by atoms with Crippen LogP contribution in [0.1, 0.15) is 22.6 Å². The minimum Gasteiger partial charge on any atom is -0.198 e. The van der Waals surface area contributed by atoms with Crippen LogP contribution in [0.3, 0.4) is 0 Å². The van der Waals surface area contributed by atoms with E-state index in [2.05, 4.69) is 37.3 Å². The van der Waals surface area contributed by atoms with Gasteiger partial charge >= 0.3 is 0 Å². The van der Waals surface area contributed by atoms with E-state index in [0.717, 1.165) is 17.0 Å². The van der Waals surface area contributed by atoms with Crippen LogP contribution < -0.4 is 0 Å². The fraction of sp³-hybridized carbons (Fsp3) is 0.188. The summed E-state index contributed by atoms with van der Waals surface area (Å²) >= 11 is 6.04. The van der Waals surface area contributed by atoms with Gasteiger partial charge in [-0.05, 0) is 47.7 Å². The van der Waals surface area contributed by atoms with E-state index in [9.17, 15) is 5.26 Å². The third-order valence-electron chi connectivity index (χ3n) is 3.52. The smallest absolute Gasteiger partial charge is 0.0759 e. The van der Waals surface area contributed by atoms with Gasteiger partial charge in [-0.25, -0.2) is 0 Å². The first-order valence-corrected chi connectivity index (χ1v) is 6.36. The zero-order chi connectivity index (χ0) is 12.7. The Labute approximate surface area is 112 Å². The van der Waals surface area contributed by atoms with Crippen LogP contribution in [0.5, 0.6) is 0 Å². The molecule has 3 rings (SSSR count). The van der Waals surface area contributed by atoms with Crippen LogP contribution in [-0.2, 0) is 6.42 Å². The molecule has 0 saturated carbocycles. The predicted molar refractivity (Wildman–Crippen MR) is 73.7 cm³/mol. The maximum atomic E-state index is 9.32. The second kappa shape index (κ2) is 4.15. The number of rotatable bonds is 0. The van der Waals surface area contributed by atoms with Gasteiger partial charge in [-0.2, -0.15) is 5.26 Å². The lowest BCUT2D eigenvalue weighted by Crippen LogP contribution is -2.10. The van der Waals surface area contributed by atoms with Gasteiger partial charge in [0.15, 0.2) is 0 Å². The molecule has 1 atom stereocenters. The van der Waals surface area contributed by atoms with Crippen molar-refractivity contribution in [3.8, 4) is 17.2 Å². The van der Waals surface area contributed by atoms with Gasteiger partial charge < -0.3 is 0 Å². The number of aryl methyl sites for hydroxylation is 1. The number of nitriles is 1. The summed E-state index contributed by atoms with van der Waals surface area (Å²) in [5.41, 5.74) is 5.92. The predicted octanol–water partition coefficient (Wildman–Crippen LogP) is 4.48. The summed E-state index contributed by atoms with van der Waals surface area (Å²) < 4.78 is 0. The van der Waals surface area contributed by atoms with E-state index < -0.39 is 0 Å². The normalized spacial score (nSPS) is 16.6. The second-order valence-electron chi connectivity index (χ2n) is 4.78. The topological polar surface area (TPSA) is 23.8 Å². The van der Waals surface area contributed by atoms with Crippen LogP contribution in [0.15, 0.2) is 36.4 Å². The van der Waals surface area contributed by atoms with E-state index in [1.165, 1.54) is 22.3 Å².